The van der Waals surface area contributed by atoms with Crippen molar-refractivity contribution in [3.05, 3.63) is 94.3 Å². The Bertz CT molecular complexity index is 1350. The van der Waals surface area contributed by atoms with Crippen molar-refractivity contribution < 1.29 is 28.2 Å². The van der Waals surface area contributed by atoms with Crippen LogP contribution in [-0.2, 0) is 9.59 Å². The highest BCUT2D eigenvalue weighted by molar-refractivity contribution is 6.51. The standard InChI is InChI=1S/C27H24F2N2O4/c1-14(2)18-13-19(15(3)11-22(18)35-4)25(32)23-24(16-7-9-30-10-8-16)31(27(34)26(23)33)21-6-5-17(28)12-20(21)29/h5-14,24,32H,1-4H3/b25-23+. The molecule has 1 aromatic heterocycles. The first-order chi connectivity index (χ1) is 16.6. The summed E-state index contributed by atoms with van der Waals surface area (Å²) in [5.74, 6) is -3.55. The zero-order valence-corrected chi connectivity index (χ0v) is 19.7. The summed E-state index contributed by atoms with van der Waals surface area (Å²) in [5, 5.41) is 11.4. The topological polar surface area (TPSA) is 79.7 Å². The van der Waals surface area contributed by atoms with Gasteiger partial charge in [-0.15, -0.1) is 0 Å². The SMILES string of the molecule is COc1cc(C)c(/C(O)=C2\C(=O)C(=O)N(c3ccc(F)cc3F)C2c2ccncc2)cc1C(C)C. The Morgan fingerprint density at radius 2 is 1.77 bits per heavy atom. The number of aliphatic hydroxyl groups excluding tert-OH is 1. The summed E-state index contributed by atoms with van der Waals surface area (Å²) < 4.78 is 33.8. The van der Waals surface area contributed by atoms with Crippen LogP contribution in [0.2, 0.25) is 0 Å². The van der Waals surface area contributed by atoms with Gasteiger partial charge in [0.05, 0.1) is 24.4 Å². The number of aliphatic hydroxyl groups is 1. The maximum Gasteiger partial charge on any atom is 0.300 e. The lowest BCUT2D eigenvalue weighted by atomic mass is 9.91. The number of nitrogens with zero attached hydrogens (tertiary/aromatic N) is 2. The number of benzene rings is 2. The van der Waals surface area contributed by atoms with E-state index in [-0.39, 0.29) is 17.2 Å². The van der Waals surface area contributed by atoms with E-state index in [1.807, 2.05) is 13.8 Å². The lowest BCUT2D eigenvalue weighted by Crippen LogP contribution is -2.30. The van der Waals surface area contributed by atoms with E-state index in [1.54, 1.807) is 38.3 Å². The number of ether oxygens (including phenoxy) is 1. The number of hydrogen-bond donors (Lipinski definition) is 1. The van der Waals surface area contributed by atoms with Crippen LogP contribution in [0.5, 0.6) is 5.75 Å². The van der Waals surface area contributed by atoms with Crippen molar-refractivity contribution in [2.45, 2.75) is 32.7 Å². The van der Waals surface area contributed by atoms with E-state index in [1.165, 1.54) is 12.4 Å². The Hall–Kier alpha value is -4.07. The van der Waals surface area contributed by atoms with Gasteiger partial charge < -0.3 is 9.84 Å². The van der Waals surface area contributed by atoms with E-state index in [2.05, 4.69) is 4.98 Å². The van der Waals surface area contributed by atoms with Crippen LogP contribution in [0.3, 0.4) is 0 Å². The summed E-state index contributed by atoms with van der Waals surface area (Å²) in [6.45, 7) is 5.67. The smallest absolute Gasteiger partial charge is 0.300 e. The number of rotatable bonds is 5. The molecule has 1 fully saturated rings. The van der Waals surface area contributed by atoms with Gasteiger partial charge in [-0.2, -0.15) is 0 Å². The number of pyridine rings is 1. The molecule has 0 bridgehead atoms. The number of carbonyl (C=O) groups excluding carboxylic acids is 2. The Labute approximate surface area is 201 Å². The molecule has 4 rings (SSSR count). The highest BCUT2D eigenvalue weighted by atomic mass is 19.1. The Morgan fingerprint density at radius 1 is 1.09 bits per heavy atom. The zero-order chi connectivity index (χ0) is 25.4. The van der Waals surface area contributed by atoms with Crippen LogP contribution in [0.4, 0.5) is 14.5 Å². The molecule has 8 heteroatoms. The van der Waals surface area contributed by atoms with Gasteiger partial charge in [0.25, 0.3) is 11.7 Å². The second kappa shape index (κ2) is 9.29. The molecule has 1 aliphatic rings. The minimum atomic E-state index is -1.15. The van der Waals surface area contributed by atoms with Crippen LogP contribution in [0.15, 0.2) is 60.4 Å². The number of amides is 1. The predicted molar refractivity (Wildman–Crippen MR) is 127 cm³/mol. The number of Topliss-reactive ketones (excluding diaryl/α,β-unsaturated/α-hetero) is 1. The largest absolute Gasteiger partial charge is 0.507 e. The Balaban J connectivity index is 1.99. The van der Waals surface area contributed by atoms with Crippen molar-refractivity contribution in [1.29, 1.82) is 0 Å². The van der Waals surface area contributed by atoms with Crippen LogP contribution in [0, 0.1) is 18.6 Å². The molecule has 1 aliphatic heterocycles. The molecule has 6 nitrogen and oxygen atoms in total. The molecule has 3 aromatic rings. The average molecular weight is 478 g/mol. The zero-order valence-electron chi connectivity index (χ0n) is 19.7. The number of ketones is 1. The minimum Gasteiger partial charge on any atom is -0.507 e. The predicted octanol–water partition coefficient (Wildman–Crippen LogP) is 5.43. The number of aryl methyl sites for hydroxylation is 1. The van der Waals surface area contributed by atoms with Gasteiger partial charge in [-0.3, -0.25) is 19.5 Å². The Morgan fingerprint density at radius 3 is 2.37 bits per heavy atom. The molecule has 35 heavy (non-hydrogen) atoms. The van der Waals surface area contributed by atoms with Crippen molar-refractivity contribution in [3.8, 4) is 5.75 Å². The fourth-order valence-electron chi connectivity index (χ4n) is 4.35. The van der Waals surface area contributed by atoms with Crippen molar-refractivity contribution in [1.82, 2.24) is 4.98 Å². The van der Waals surface area contributed by atoms with Gasteiger partial charge in [-0.1, -0.05) is 13.8 Å². The molecular weight excluding hydrogens is 454 g/mol. The molecule has 1 saturated heterocycles. The summed E-state index contributed by atoms with van der Waals surface area (Å²) in [6.07, 6.45) is 2.93. The van der Waals surface area contributed by atoms with E-state index < -0.39 is 35.1 Å². The summed E-state index contributed by atoms with van der Waals surface area (Å²) in [4.78, 5) is 31.4. The number of halogens is 2. The molecule has 1 unspecified atom stereocenters. The molecule has 0 aliphatic carbocycles. The molecule has 0 spiro atoms. The van der Waals surface area contributed by atoms with Crippen LogP contribution < -0.4 is 9.64 Å². The van der Waals surface area contributed by atoms with Crippen molar-refractivity contribution >= 4 is 23.1 Å². The van der Waals surface area contributed by atoms with Gasteiger partial charge >= 0.3 is 0 Å². The van der Waals surface area contributed by atoms with E-state index in [0.717, 1.165) is 22.6 Å². The molecule has 1 N–H and O–H groups in total. The van der Waals surface area contributed by atoms with Crippen molar-refractivity contribution in [2.24, 2.45) is 0 Å². The van der Waals surface area contributed by atoms with Crippen molar-refractivity contribution in [2.75, 3.05) is 12.0 Å². The maximum atomic E-state index is 14.8. The monoisotopic (exact) mass is 478 g/mol. The average Bonchev–Trinajstić information content (AvgIpc) is 3.09. The van der Waals surface area contributed by atoms with Crippen LogP contribution in [-0.4, -0.2) is 28.9 Å². The first kappa shape index (κ1) is 24.1. The second-order valence-corrected chi connectivity index (χ2v) is 8.61. The lowest BCUT2D eigenvalue weighted by molar-refractivity contribution is -0.132. The normalized spacial score (nSPS) is 17.3. The molecule has 0 saturated carbocycles. The highest BCUT2D eigenvalue weighted by Crippen LogP contribution is 2.44. The first-order valence-electron chi connectivity index (χ1n) is 11.0. The van der Waals surface area contributed by atoms with E-state index >= 15 is 0 Å². The third-order valence-corrected chi connectivity index (χ3v) is 6.09. The molecule has 1 atom stereocenters. The highest BCUT2D eigenvalue weighted by Gasteiger charge is 2.48. The molecular formula is C27H24F2N2O4. The Kier molecular flexibility index (Phi) is 6.39. The van der Waals surface area contributed by atoms with E-state index in [0.29, 0.717) is 28.5 Å². The fraction of sp³-hybridized carbons (Fsp3) is 0.222. The van der Waals surface area contributed by atoms with Gasteiger partial charge in [-0.25, -0.2) is 8.78 Å². The first-order valence-corrected chi connectivity index (χ1v) is 11.0. The van der Waals surface area contributed by atoms with Crippen molar-refractivity contribution in [3.63, 3.8) is 0 Å². The van der Waals surface area contributed by atoms with Crippen LogP contribution in [0.25, 0.3) is 5.76 Å². The molecule has 180 valence electrons. The number of aromatic nitrogens is 1. The summed E-state index contributed by atoms with van der Waals surface area (Å²) >= 11 is 0. The summed E-state index contributed by atoms with van der Waals surface area (Å²) in [5.41, 5.74) is 1.73. The van der Waals surface area contributed by atoms with E-state index in [9.17, 15) is 23.5 Å². The second-order valence-electron chi connectivity index (χ2n) is 8.61. The van der Waals surface area contributed by atoms with Gasteiger partial charge in [-0.05, 0) is 65.9 Å². The lowest BCUT2D eigenvalue weighted by Gasteiger charge is -2.26. The maximum absolute atomic E-state index is 14.8. The van der Waals surface area contributed by atoms with Crippen LogP contribution >= 0.6 is 0 Å². The van der Waals surface area contributed by atoms with Gasteiger partial charge in [0.15, 0.2) is 0 Å². The third-order valence-electron chi connectivity index (χ3n) is 6.09. The summed E-state index contributed by atoms with van der Waals surface area (Å²) in [6, 6.07) is 8.20. The van der Waals surface area contributed by atoms with Gasteiger partial charge in [0.1, 0.15) is 23.1 Å². The van der Waals surface area contributed by atoms with Crippen LogP contribution in [0.1, 0.15) is 48.1 Å². The van der Waals surface area contributed by atoms with E-state index in [4.69, 9.17) is 4.74 Å². The fourth-order valence-corrected chi connectivity index (χ4v) is 4.35. The van der Waals surface area contributed by atoms with Gasteiger partial charge in [0, 0.05) is 24.0 Å². The summed E-state index contributed by atoms with van der Waals surface area (Å²) in [7, 11) is 1.55. The number of anilines is 1. The molecule has 0 radical (unpaired) electrons. The minimum absolute atomic E-state index is 0.0452. The number of carbonyl (C=O) groups is 2. The third kappa shape index (κ3) is 4.16. The quantitative estimate of drug-likeness (QED) is 0.301. The number of hydrogen-bond acceptors (Lipinski definition) is 5. The molecule has 1 amide bonds. The van der Waals surface area contributed by atoms with Gasteiger partial charge in [0.2, 0.25) is 0 Å². The molecule has 2 heterocycles. The molecule has 2 aromatic carbocycles. The number of methoxy groups -OCH3 is 1.